The van der Waals surface area contributed by atoms with Gasteiger partial charge in [-0.2, -0.15) is 0 Å². The summed E-state index contributed by atoms with van der Waals surface area (Å²) in [4.78, 5) is 20.3. The second-order valence-electron chi connectivity index (χ2n) is 8.96. The van der Waals surface area contributed by atoms with Crippen molar-refractivity contribution in [1.82, 2.24) is 4.90 Å². The topological polar surface area (TPSA) is 60.4 Å². The van der Waals surface area contributed by atoms with E-state index in [0.717, 1.165) is 28.1 Å². The second kappa shape index (κ2) is 13.2. The molecular weight excluding hydrogens is 508 g/mol. The Morgan fingerprint density at radius 3 is 2.41 bits per heavy atom. The Morgan fingerprint density at radius 2 is 1.77 bits per heavy atom. The average molecular weight is 543 g/mol. The number of nitrogens with zero attached hydrogens (tertiary/aromatic N) is 2. The molecule has 1 aliphatic heterocycles. The van der Waals surface area contributed by atoms with Gasteiger partial charge in [0.05, 0.1) is 24.3 Å². The minimum Gasteiger partial charge on any atom is -0.497 e. The van der Waals surface area contributed by atoms with Gasteiger partial charge in [-0.3, -0.25) is 9.69 Å². The second-order valence-corrected chi connectivity index (χ2v) is 9.97. The highest BCUT2D eigenvalue weighted by atomic mass is 32.2. The zero-order chi connectivity index (χ0) is 27.8. The molecule has 1 heterocycles. The number of carbonyl (C=O) groups excluding carboxylic acids is 1. The molecule has 0 unspecified atom stereocenters. The highest BCUT2D eigenvalue weighted by Crippen LogP contribution is 2.38. The molecule has 3 aromatic rings. The fourth-order valence-corrected chi connectivity index (χ4v) is 5.19. The van der Waals surface area contributed by atoms with Crippen LogP contribution < -0.4 is 14.2 Å². The largest absolute Gasteiger partial charge is 0.497 e. The number of amides is 1. The summed E-state index contributed by atoms with van der Waals surface area (Å²) in [6, 6.07) is 19.7. The zero-order valence-electron chi connectivity index (χ0n) is 22.9. The van der Waals surface area contributed by atoms with E-state index in [-0.39, 0.29) is 5.91 Å². The standard InChI is InChI=1S/C32H34N2O4S/c1-6-9-25-18-24(19-28(37-8-3)30(25)38-21-23-12-10-22(4)11-13-23)20-29-31(35)34(7-2)32(39-29)33-26-14-16-27(36-5)17-15-26/h6,10-20H,1,7-9,21H2,2-5H3/b29-20+,33-32?. The summed E-state index contributed by atoms with van der Waals surface area (Å²) in [5.41, 5.74) is 4.85. The number of hydrogen-bond acceptors (Lipinski definition) is 6. The normalized spacial score (nSPS) is 15.2. The highest BCUT2D eigenvalue weighted by Gasteiger charge is 2.32. The Hall–Kier alpha value is -3.97. The van der Waals surface area contributed by atoms with Crippen molar-refractivity contribution >= 4 is 34.6 Å². The fraction of sp³-hybridized carbons (Fsp3) is 0.250. The number of aliphatic imine (C=N–C) groups is 1. The van der Waals surface area contributed by atoms with Crippen LogP contribution in [0.5, 0.6) is 17.2 Å². The molecule has 0 saturated carbocycles. The minimum absolute atomic E-state index is 0.0716. The molecule has 202 valence electrons. The Morgan fingerprint density at radius 1 is 1.03 bits per heavy atom. The van der Waals surface area contributed by atoms with Gasteiger partial charge in [0.1, 0.15) is 12.4 Å². The van der Waals surface area contributed by atoms with E-state index in [1.807, 2.05) is 62.4 Å². The SMILES string of the molecule is C=CCc1cc(/C=C2/SC(=Nc3ccc(OC)cc3)N(CC)C2=O)cc(OCC)c1OCc1ccc(C)cc1. The van der Waals surface area contributed by atoms with Gasteiger partial charge in [-0.05, 0) is 92.6 Å². The molecule has 1 amide bonds. The summed E-state index contributed by atoms with van der Waals surface area (Å²) in [5.74, 6) is 2.03. The summed E-state index contributed by atoms with van der Waals surface area (Å²) < 4.78 is 17.5. The van der Waals surface area contributed by atoms with Crippen molar-refractivity contribution in [1.29, 1.82) is 0 Å². The molecule has 0 N–H and O–H groups in total. The fourth-order valence-electron chi connectivity index (χ4n) is 4.13. The lowest BCUT2D eigenvalue weighted by atomic mass is 10.0. The Balaban J connectivity index is 1.65. The summed E-state index contributed by atoms with van der Waals surface area (Å²) in [5, 5.41) is 0.647. The Labute approximate surface area is 235 Å². The van der Waals surface area contributed by atoms with Gasteiger partial charge in [0.25, 0.3) is 5.91 Å². The summed E-state index contributed by atoms with van der Waals surface area (Å²) in [6.07, 6.45) is 4.34. The lowest BCUT2D eigenvalue weighted by Crippen LogP contribution is -2.28. The molecule has 0 bridgehead atoms. The number of amidine groups is 1. The van der Waals surface area contributed by atoms with Crippen LogP contribution in [0.3, 0.4) is 0 Å². The molecule has 0 radical (unpaired) electrons. The van der Waals surface area contributed by atoms with Gasteiger partial charge in [-0.25, -0.2) is 4.99 Å². The molecule has 7 heteroatoms. The molecule has 1 aliphatic rings. The maximum atomic E-state index is 13.3. The van der Waals surface area contributed by atoms with Gasteiger partial charge < -0.3 is 14.2 Å². The van der Waals surface area contributed by atoms with Gasteiger partial charge in [0, 0.05) is 12.1 Å². The van der Waals surface area contributed by atoms with Crippen molar-refractivity contribution in [2.45, 2.75) is 33.8 Å². The van der Waals surface area contributed by atoms with Crippen LogP contribution in [0.4, 0.5) is 5.69 Å². The third-order valence-corrected chi connectivity index (χ3v) is 7.13. The number of thioether (sulfide) groups is 1. The predicted octanol–water partition coefficient (Wildman–Crippen LogP) is 7.33. The maximum Gasteiger partial charge on any atom is 0.266 e. The van der Waals surface area contributed by atoms with E-state index in [1.54, 1.807) is 12.0 Å². The number of ether oxygens (including phenoxy) is 3. The van der Waals surface area contributed by atoms with Crippen LogP contribution >= 0.6 is 11.8 Å². The number of benzene rings is 3. The van der Waals surface area contributed by atoms with Crippen molar-refractivity contribution in [2.75, 3.05) is 20.3 Å². The summed E-state index contributed by atoms with van der Waals surface area (Å²) in [6.45, 7) is 11.3. The van der Waals surface area contributed by atoms with Crippen LogP contribution in [-0.4, -0.2) is 36.2 Å². The van der Waals surface area contributed by atoms with E-state index in [1.165, 1.54) is 17.3 Å². The van der Waals surface area contributed by atoms with E-state index in [9.17, 15) is 4.79 Å². The van der Waals surface area contributed by atoms with E-state index < -0.39 is 0 Å². The van der Waals surface area contributed by atoms with Gasteiger partial charge in [-0.15, -0.1) is 6.58 Å². The van der Waals surface area contributed by atoms with Gasteiger partial charge in [0.2, 0.25) is 0 Å². The van der Waals surface area contributed by atoms with Crippen LogP contribution in [-0.2, 0) is 17.8 Å². The molecular formula is C32H34N2O4S. The molecule has 6 nitrogen and oxygen atoms in total. The third kappa shape index (κ3) is 6.92. The number of carbonyl (C=O) groups is 1. The van der Waals surface area contributed by atoms with E-state index in [4.69, 9.17) is 19.2 Å². The smallest absolute Gasteiger partial charge is 0.266 e. The monoisotopic (exact) mass is 542 g/mol. The molecule has 4 rings (SSSR count). The maximum absolute atomic E-state index is 13.3. The number of methoxy groups -OCH3 is 1. The number of rotatable bonds is 11. The molecule has 3 aromatic carbocycles. The van der Waals surface area contributed by atoms with Crippen molar-refractivity contribution in [3.8, 4) is 17.2 Å². The summed E-state index contributed by atoms with van der Waals surface area (Å²) in [7, 11) is 1.63. The molecule has 0 aromatic heterocycles. The zero-order valence-corrected chi connectivity index (χ0v) is 23.7. The quantitative estimate of drug-likeness (QED) is 0.187. The number of allylic oxidation sites excluding steroid dienone is 1. The van der Waals surface area contributed by atoms with Crippen molar-refractivity contribution in [2.24, 2.45) is 4.99 Å². The van der Waals surface area contributed by atoms with E-state index >= 15 is 0 Å². The highest BCUT2D eigenvalue weighted by molar-refractivity contribution is 8.18. The van der Waals surface area contributed by atoms with Crippen LogP contribution in [0, 0.1) is 6.92 Å². The van der Waals surface area contributed by atoms with Crippen LogP contribution in [0.15, 0.2) is 83.2 Å². The van der Waals surface area contributed by atoms with Gasteiger partial charge >= 0.3 is 0 Å². The van der Waals surface area contributed by atoms with Crippen molar-refractivity contribution in [3.63, 3.8) is 0 Å². The van der Waals surface area contributed by atoms with E-state index in [2.05, 4.69) is 37.8 Å². The van der Waals surface area contributed by atoms with Crippen molar-refractivity contribution in [3.05, 3.63) is 100 Å². The first-order valence-electron chi connectivity index (χ1n) is 13.0. The Kier molecular flexibility index (Phi) is 9.49. The third-order valence-electron chi connectivity index (χ3n) is 6.12. The average Bonchev–Trinajstić information content (AvgIpc) is 3.23. The lowest BCUT2D eigenvalue weighted by Gasteiger charge is -2.17. The van der Waals surface area contributed by atoms with Crippen LogP contribution in [0.2, 0.25) is 0 Å². The predicted molar refractivity (Wildman–Crippen MR) is 160 cm³/mol. The first-order chi connectivity index (χ1) is 18.9. The first-order valence-corrected chi connectivity index (χ1v) is 13.8. The van der Waals surface area contributed by atoms with E-state index in [0.29, 0.717) is 47.8 Å². The summed E-state index contributed by atoms with van der Waals surface area (Å²) >= 11 is 1.37. The number of likely N-dealkylation sites (N-methyl/N-ethyl adjacent to an activating group) is 1. The van der Waals surface area contributed by atoms with Gasteiger partial charge in [0.15, 0.2) is 16.7 Å². The first kappa shape index (κ1) is 28.0. The molecule has 39 heavy (non-hydrogen) atoms. The number of aryl methyl sites for hydroxylation is 1. The molecule has 1 saturated heterocycles. The Bertz CT molecular complexity index is 1380. The lowest BCUT2D eigenvalue weighted by molar-refractivity contribution is -0.122. The minimum atomic E-state index is -0.0716. The molecule has 0 atom stereocenters. The van der Waals surface area contributed by atoms with Crippen LogP contribution in [0.1, 0.15) is 36.1 Å². The van der Waals surface area contributed by atoms with Gasteiger partial charge in [-0.1, -0.05) is 35.9 Å². The molecule has 0 spiro atoms. The number of hydrogen-bond donors (Lipinski definition) is 0. The molecule has 0 aliphatic carbocycles. The van der Waals surface area contributed by atoms with Crippen molar-refractivity contribution < 1.29 is 19.0 Å². The molecule has 1 fully saturated rings. The van der Waals surface area contributed by atoms with Crippen LogP contribution in [0.25, 0.3) is 6.08 Å².